The monoisotopic (exact) mass is 1010 g/mol. The van der Waals surface area contributed by atoms with Gasteiger partial charge in [0.15, 0.2) is 0 Å². The Hall–Kier alpha value is -5.64. The molecule has 0 radical (unpaired) electrons. The predicted octanol–water partition coefficient (Wildman–Crippen LogP) is 15.5. The molecular weight excluding hydrogens is 952 g/mol. The van der Waals surface area contributed by atoms with Gasteiger partial charge in [-0.15, -0.1) is 47.0 Å². The van der Waals surface area contributed by atoms with Crippen molar-refractivity contribution >= 4 is 44.6 Å². The van der Waals surface area contributed by atoms with Crippen LogP contribution in [0.15, 0.2) is 134 Å². The van der Waals surface area contributed by atoms with Gasteiger partial charge in [-0.3, -0.25) is 0 Å². The first-order chi connectivity index (χ1) is 29.7. The Labute approximate surface area is 389 Å². The molecule has 2 aromatic heterocycles. The van der Waals surface area contributed by atoms with Crippen molar-refractivity contribution < 1.29 is 25.8 Å². The summed E-state index contributed by atoms with van der Waals surface area (Å²) >= 11 is 0. The third-order valence-corrected chi connectivity index (χ3v) is 12.3. The second-order valence-corrected chi connectivity index (χ2v) is 19.4. The molecule has 0 unspecified atom stereocenters. The molecule has 0 bridgehead atoms. The molecule has 0 atom stereocenters. The molecule has 9 rings (SSSR count). The number of anilines is 4. The standard InChI is InChI=1S/C57H57N4O.Pt/c1-37(2)44-19-17-20-45(38(3)4)55(44)39-32-41(59-30-31-60(52-25-16-15-24-51(52)59)50-23-14-12-21-48(50)57(8,9)10)35-43(33-39)62-42-26-27-47-46-18-11-13-22-49(46)61(53(47)36-42)54-34-40(28-29-58-54)56(5,6)7;/h11-30,32-34,37-38H,31H2,1-10H3;/q-3;. The number of aromatic nitrogens is 2. The van der Waals surface area contributed by atoms with E-state index in [0.29, 0.717) is 29.9 Å². The minimum Gasteiger partial charge on any atom is -0.511 e. The summed E-state index contributed by atoms with van der Waals surface area (Å²) in [4.78, 5) is 9.64. The summed E-state index contributed by atoms with van der Waals surface area (Å²) in [6, 6.07) is 53.2. The first-order valence-corrected chi connectivity index (χ1v) is 22.1. The molecule has 1 aliphatic heterocycles. The van der Waals surface area contributed by atoms with E-state index in [1.54, 1.807) is 0 Å². The topological polar surface area (TPSA) is 33.5 Å². The van der Waals surface area contributed by atoms with Gasteiger partial charge in [0.2, 0.25) is 0 Å². The summed E-state index contributed by atoms with van der Waals surface area (Å²) in [6.45, 7) is 25.7. The van der Waals surface area contributed by atoms with Crippen molar-refractivity contribution in [3.8, 4) is 28.4 Å². The SMILES string of the molecule is CC(C)c1cccc(C(C)C)c1-c1cc(Oc2[c-]c3c(cc2)c2ccccc2n3-c2cc(C(C)(C)C)ccn2)[c-]c(N2[CH-]CN(c3ccccc3C(C)(C)C)c3ccccc32)c1.[Pt]. The average molecular weight is 1010 g/mol. The number of nitrogens with zero attached hydrogens (tertiary/aromatic N) is 4. The summed E-state index contributed by atoms with van der Waals surface area (Å²) in [7, 11) is 0. The van der Waals surface area contributed by atoms with Gasteiger partial charge < -0.3 is 19.1 Å². The first-order valence-electron chi connectivity index (χ1n) is 22.1. The first kappa shape index (κ1) is 44.0. The third-order valence-electron chi connectivity index (χ3n) is 12.3. The zero-order chi connectivity index (χ0) is 43.5. The zero-order valence-electron chi connectivity index (χ0n) is 38.2. The maximum atomic E-state index is 6.98. The summed E-state index contributed by atoms with van der Waals surface area (Å²) in [5.41, 5.74) is 13.9. The number of hydrogen-bond acceptors (Lipinski definition) is 4. The van der Waals surface area contributed by atoms with Crippen LogP contribution in [0.5, 0.6) is 11.5 Å². The average Bonchev–Trinajstić information content (AvgIpc) is 3.58. The molecular formula is C57H57N4OPt-3. The predicted molar refractivity (Wildman–Crippen MR) is 260 cm³/mol. The molecule has 0 fully saturated rings. The number of para-hydroxylation sites is 4. The van der Waals surface area contributed by atoms with Crippen LogP contribution in [0.25, 0.3) is 38.8 Å². The van der Waals surface area contributed by atoms with Crippen LogP contribution >= 0.6 is 0 Å². The Morgan fingerprint density at radius 3 is 2.00 bits per heavy atom. The van der Waals surface area contributed by atoms with Crippen LogP contribution in [0.3, 0.4) is 0 Å². The maximum absolute atomic E-state index is 6.98. The van der Waals surface area contributed by atoms with E-state index in [2.05, 4.69) is 224 Å². The molecule has 0 aliphatic carbocycles. The number of benzene rings is 6. The molecule has 0 saturated carbocycles. The molecule has 3 heterocycles. The van der Waals surface area contributed by atoms with E-state index in [0.717, 1.165) is 50.2 Å². The molecule has 6 heteroatoms. The van der Waals surface area contributed by atoms with E-state index in [4.69, 9.17) is 9.72 Å². The van der Waals surface area contributed by atoms with Crippen LogP contribution in [0.4, 0.5) is 22.7 Å². The minimum atomic E-state index is -0.0296. The second-order valence-electron chi connectivity index (χ2n) is 19.4. The van der Waals surface area contributed by atoms with Gasteiger partial charge in [-0.1, -0.05) is 148 Å². The molecule has 5 nitrogen and oxygen atoms in total. The third kappa shape index (κ3) is 8.33. The van der Waals surface area contributed by atoms with Gasteiger partial charge in [0, 0.05) is 55.7 Å². The van der Waals surface area contributed by atoms with Crippen LogP contribution < -0.4 is 14.5 Å². The van der Waals surface area contributed by atoms with Crippen molar-refractivity contribution in [3.63, 3.8) is 0 Å². The van der Waals surface area contributed by atoms with Crippen LogP contribution in [-0.2, 0) is 31.9 Å². The van der Waals surface area contributed by atoms with Crippen molar-refractivity contribution in [1.29, 1.82) is 0 Å². The quantitative estimate of drug-likeness (QED) is 0.142. The van der Waals surface area contributed by atoms with Crippen molar-refractivity contribution in [2.45, 2.75) is 91.9 Å². The van der Waals surface area contributed by atoms with Gasteiger partial charge in [0.05, 0.1) is 5.69 Å². The largest absolute Gasteiger partial charge is 0.511 e. The Morgan fingerprint density at radius 1 is 0.635 bits per heavy atom. The normalized spacial score (nSPS) is 13.2. The Balaban J connectivity index is 0.00000544. The molecule has 6 aromatic carbocycles. The van der Waals surface area contributed by atoms with E-state index in [1.165, 1.54) is 33.5 Å². The number of rotatable bonds is 8. The molecule has 0 saturated heterocycles. The van der Waals surface area contributed by atoms with Gasteiger partial charge in [-0.05, 0) is 92.3 Å². The molecule has 0 spiro atoms. The minimum absolute atomic E-state index is 0. The summed E-state index contributed by atoms with van der Waals surface area (Å²) in [5.74, 6) is 2.74. The Morgan fingerprint density at radius 2 is 1.30 bits per heavy atom. The van der Waals surface area contributed by atoms with Crippen molar-refractivity contribution in [3.05, 3.63) is 175 Å². The van der Waals surface area contributed by atoms with E-state index >= 15 is 0 Å². The van der Waals surface area contributed by atoms with Crippen LogP contribution in [-0.4, -0.2) is 16.1 Å². The molecule has 8 aromatic rings. The van der Waals surface area contributed by atoms with E-state index in [1.807, 2.05) is 12.3 Å². The maximum Gasteiger partial charge on any atom is 0.135 e. The van der Waals surface area contributed by atoms with Gasteiger partial charge in [-0.25, -0.2) is 11.5 Å². The molecule has 0 N–H and O–H groups in total. The Bertz CT molecular complexity index is 2920. The molecule has 0 amide bonds. The fourth-order valence-electron chi connectivity index (χ4n) is 9.09. The van der Waals surface area contributed by atoms with E-state index < -0.39 is 0 Å². The molecule has 1 aliphatic rings. The number of hydrogen-bond donors (Lipinski definition) is 0. The van der Waals surface area contributed by atoms with Gasteiger partial charge in [-0.2, -0.15) is 6.07 Å². The zero-order valence-corrected chi connectivity index (χ0v) is 40.4. The molecule has 63 heavy (non-hydrogen) atoms. The number of ether oxygens (including phenoxy) is 1. The number of pyridine rings is 1. The summed E-state index contributed by atoms with van der Waals surface area (Å²) < 4.78 is 9.20. The van der Waals surface area contributed by atoms with Gasteiger partial charge in [0.1, 0.15) is 5.82 Å². The van der Waals surface area contributed by atoms with Crippen LogP contribution in [0, 0.1) is 18.7 Å². The fraction of sp³-hybridized carbons (Fsp3) is 0.263. The Kier molecular flexibility index (Phi) is 12.0. The van der Waals surface area contributed by atoms with Crippen LogP contribution in [0.1, 0.15) is 103 Å². The summed E-state index contributed by atoms with van der Waals surface area (Å²) in [6.07, 6.45) is 1.91. The van der Waals surface area contributed by atoms with Crippen molar-refractivity contribution in [1.82, 2.24) is 9.55 Å². The van der Waals surface area contributed by atoms with Crippen molar-refractivity contribution in [2.24, 2.45) is 0 Å². The smallest absolute Gasteiger partial charge is 0.135 e. The van der Waals surface area contributed by atoms with E-state index in [9.17, 15) is 0 Å². The van der Waals surface area contributed by atoms with Gasteiger partial charge in [0.25, 0.3) is 0 Å². The van der Waals surface area contributed by atoms with E-state index in [-0.39, 0.29) is 31.9 Å². The van der Waals surface area contributed by atoms with Crippen molar-refractivity contribution in [2.75, 3.05) is 16.3 Å². The van der Waals surface area contributed by atoms with Crippen LogP contribution in [0.2, 0.25) is 0 Å². The number of fused-ring (bicyclic) bond motifs is 4. The second kappa shape index (κ2) is 17.1. The fourth-order valence-corrected chi connectivity index (χ4v) is 9.09. The molecule has 324 valence electrons. The summed E-state index contributed by atoms with van der Waals surface area (Å²) in [5, 5.41) is 2.24. The van der Waals surface area contributed by atoms with Gasteiger partial charge >= 0.3 is 0 Å².